The van der Waals surface area contributed by atoms with Crippen LogP contribution >= 0.6 is 11.6 Å². The third-order valence-electron chi connectivity index (χ3n) is 3.01. The van der Waals surface area contributed by atoms with Crippen LogP contribution in [0.5, 0.6) is 5.75 Å². The van der Waals surface area contributed by atoms with E-state index < -0.39 is 35.2 Å². The molecule has 2 aromatic rings. The van der Waals surface area contributed by atoms with Gasteiger partial charge in [0.2, 0.25) is 0 Å². The number of ether oxygens (including phenoxy) is 1. The highest BCUT2D eigenvalue weighted by Gasteiger charge is 2.33. The van der Waals surface area contributed by atoms with Crippen LogP contribution in [0.1, 0.15) is 15.9 Å². The first-order valence-corrected chi connectivity index (χ1v) is 7.18. The highest BCUT2D eigenvalue weighted by atomic mass is 35.5. The summed E-state index contributed by atoms with van der Waals surface area (Å²) in [5, 5.41) is 11.2. The standard InChI is InChI=1S/C16H11ClF3NO4/c17-12-6-5-9(7-11(12)16(18,19)20)21-14(23)8-25-15(24)10-3-1-2-4-13(10)22/h1-7,22H,8H2,(H,21,23). The Hall–Kier alpha value is -2.74. The lowest BCUT2D eigenvalue weighted by molar-refractivity contribution is -0.137. The number of halogens is 4. The summed E-state index contributed by atoms with van der Waals surface area (Å²) >= 11 is 5.48. The third kappa shape index (κ3) is 4.87. The second kappa shape index (κ2) is 7.43. The average Bonchev–Trinajstić information content (AvgIpc) is 2.54. The van der Waals surface area contributed by atoms with Crippen LogP contribution in [0.15, 0.2) is 42.5 Å². The number of esters is 1. The molecule has 0 spiro atoms. The molecule has 132 valence electrons. The first kappa shape index (κ1) is 18.6. The van der Waals surface area contributed by atoms with E-state index in [2.05, 4.69) is 5.32 Å². The largest absolute Gasteiger partial charge is 0.507 e. The van der Waals surface area contributed by atoms with E-state index in [9.17, 15) is 27.9 Å². The molecule has 1 amide bonds. The maximum Gasteiger partial charge on any atom is 0.417 e. The number of phenolic OH excluding ortho intramolecular Hbond substituents is 1. The fourth-order valence-corrected chi connectivity index (χ4v) is 2.10. The van der Waals surface area contributed by atoms with E-state index in [0.29, 0.717) is 6.07 Å². The summed E-state index contributed by atoms with van der Waals surface area (Å²) in [4.78, 5) is 23.4. The van der Waals surface area contributed by atoms with Crippen molar-refractivity contribution in [1.29, 1.82) is 0 Å². The van der Waals surface area contributed by atoms with E-state index >= 15 is 0 Å². The molecule has 5 nitrogen and oxygen atoms in total. The summed E-state index contributed by atoms with van der Waals surface area (Å²) in [6, 6.07) is 8.40. The molecule has 0 saturated carbocycles. The Bertz CT molecular complexity index is 808. The number of para-hydroxylation sites is 1. The number of carbonyl (C=O) groups is 2. The van der Waals surface area contributed by atoms with Gasteiger partial charge in [-0.25, -0.2) is 4.79 Å². The number of rotatable bonds is 4. The van der Waals surface area contributed by atoms with Gasteiger partial charge in [-0.3, -0.25) is 4.79 Å². The number of aromatic hydroxyl groups is 1. The smallest absolute Gasteiger partial charge is 0.417 e. The quantitative estimate of drug-likeness (QED) is 0.798. The molecular weight excluding hydrogens is 363 g/mol. The molecule has 0 heterocycles. The van der Waals surface area contributed by atoms with Crippen LogP contribution in [0, 0.1) is 0 Å². The van der Waals surface area contributed by atoms with E-state index in [4.69, 9.17) is 16.3 Å². The predicted molar refractivity (Wildman–Crippen MR) is 83.5 cm³/mol. The van der Waals surface area contributed by atoms with Crippen molar-refractivity contribution in [1.82, 2.24) is 0 Å². The van der Waals surface area contributed by atoms with Gasteiger partial charge in [0.15, 0.2) is 6.61 Å². The Morgan fingerprint density at radius 2 is 1.84 bits per heavy atom. The Morgan fingerprint density at radius 1 is 1.16 bits per heavy atom. The van der Waals surface area contributed by atoms with Gasteiger partial charge in [-0.05, 0) is 30.3 Å². The van der Waals surface area contributed by atoms with Crippen LogP contribution in [0.25, 0.3) is 0 Å². The summed E-state index contributed by atoms with van der Waals surface area (Å²) in [5.41, 5.74) is -1.39. The van der Waals surface area contributed by atoms with Crippen molar-refractivity contribution in [3.05, 3.63) is 58.6 Å². The Morgan fingerprint density at radius 3 is 2.48 bits per heavy atom. The summed E-state index contributed by atoms with van der Waals surface area (Å²) in [5.74, 6) is -2.11. The number of carbonyl (C=O) groups excluding carboxylic acids is 2. The minimum absolute atomic E-state index is 0.138. The number of benzene rings is 2. The molecule has 2 N–H and O–H groups in total. The van der Waals surface area contributed by atoms with Crippen molar-refractivity contribution < 1.29 is 32.6 Å². The first-order valence-electron chi connectivity index (χ1n) is 6.80. The second-order valence-corrected chi connectivity index (χ2v) is 5.24. The highest BCUT2D eigenvalue weighted by Crippen LogP contribution is 2.36. The molecule has 0 saturated heterocycles. The Balaban J connectivity index is 1.99. The minimum Gasteiger partial charge on any atom is -0.507 e. The van der Waals surface area contributed by atoms with Crippen LogP contribution in [0.3, 0.4) is 0 Å². The molecule has 2 aromatic carbocycles. The van der Waals surface area contributed by atoms with Gasteiger partial charge in [0.05, 0.1) is 10.6 Å². The number of nitrogens with one attached hydrogen (secondary N) is 1. The van der Waals surface area contributed by atoms with Crippen molar-refractivity contribution in [2.24, 2.45) is 0 Å². The minimum atomic E-state index is -4.67. The molecule has 0 atom stereocenters. The molecule has 0 radical (unpaired) electrons. The van der Waals surface area contributed by atoms with Crippen molar-refractivity contribution >= 4 is 29.2 Å². The molecule has 0 unspecified atom stereocenters. The Kier molecular flexibility index (Phi) is 5.53. The van der Waals surface area contributed by atoms with Gasteiger partial charge in [-0.15, -0.1) is 0 Å². The van der Waals surface area contributed by atoms with Gasteiger partial charge in [0.1, 0.15) is 11.3 Å². The summed E-state index contributed by atoms with van der Waals surface area (Å²) in [6.07, 6.45) is -4.67. The van der Waals surface area contributed by atoms with Gasteiger partial charge in [-0.2, -0.15) is 13.2 Å². The van der Waals surface area contributed by atoms with Gasteiger partial charge < -0.3 is 15.2 Å². The topological polar surface area (TPSA) is 75.6 Å². The summed E-state index contributed by atoms with van der Waals surface area (Å²) in [6.45, 7) is -0.739. The van der Waals surface area contributed by atoms with Crippen LogP contribution in [-0.4, -0.2) is 23.6 Å². The van der Waals surface area contributed by atoms with Gasteiger partial charge in [0, 0.05) is 5.69 Å². The second-order valence-electron chi connectivity index (χ2n) is 4.83. The van der Waals surface area contributed by atoms with E-state index in [0.717, 1.165) is 6.07 Å². The zero-order chi connectivity index (χ0) is 18.6. The van der Waals surface area contributed by atoms with Gasteiger partial charge in [-0.1, -0.05) is 23.7 Å². The number of alkyl halides is 3. The lowest BCUT2D eigenvalue weighted by atomic mass is 10.2. The number of hydrogen-bond donors (Lipinski definition) is 2. The van der Waals surface area contributed by atoms with Gasteiger partial charge >= 0.3 is 12.1 Å². The molecule has 0 bridgehead atoms. The Labute approximate surface area is 145 Å². The molecule has 0 aliphatic carbocycles. The van der Waals surface area contributed by atoms with E-state index in [-0.39, 0.29) is 17.0 Å². The maximum atomic E-state index is 12.8. The summed E-state index contributed by atoms with van der Waals surface area (Å²) in [7, 11) is 0. The molecular formula is C16H11ClF3NO4. The zero-order valence-electron chi connectivity index (χ0n) is 12.4. The average molecular weight is 374 g/mol. The molecule has 0 aromatic heterocycles. The monoisotopic (exact) mass is 373 g/mol. The molecule has 0 aliphatic heterocycles. The SMILES string of the molecule is O=C(COC(=O)c1ccccc1O)Nc1ccc(Cl)c(C(F)(F)F)c1. The van der Waals surface area contributed by atoms with Crippen LogP contribution in [-0.2, 0) is 15.7 Å². The van der Waals surface area contributed by atoms with Gasteiger partial charge in [0.25, 0.3) is 5.91 Å². The summed E-state index contributed by atoms with van der Waals surface area (Å²) < 4.78 is 43.0. The number of amides is 1. The van der Waals surface area contributed by atoms with Crippen LogP contribution in [0.4, 0.5) is 18.9 Å². The molecule has 0 fully saturated rings. The predicted octanol–water partition coefficient (Wildman–Crippen LogP) is 3.86. The van der Waals surface area contributed by atoms with Crippen molar-refractivity contribution in [3.8, 4) is 5.75 Å². The third-order valence-corrected chi connectivity index (χ3v) is 3.34. The number of hydrogen-bond acceptors (Lipinski definition) is 4. The van der Waals surface area contributed by atoms with Crippen molar-refractivity contribution in [2.75, 3.05) is 11.9 Å². The molecule has 2 rings (SSSR count). The number of phenols is 1. The normalized spacial score (nSPS) is 11.0. The fraction of sp³-hybridized carbons (Fsp3) is 0.125. The zero-order valence-corrected chi connectivity index (χ0v) is 13.2. The lowest BCUT2D eigenvalue weighted by Crippen LogP contribution is -2.21. The van der Waals surface area contributed by atoms with Crippen LogP contribution < -0.4 is 5.32 Å². The van der Waals surface area contributed by atoms with E-state index in [1.165, 1.54) is 30.3 Å². The first-order chi connectivity index (χ1) is 11.7. The molecule has 9 heteroatoms. The van der Waals surface area contributed by atoms with E-state index in [1.54, 1.807) is 0 Å². The highest BCUT2D eigenvalue weighted by molar-refractivity contribution is 6.31. The lowest BCUT2D eigenvalue weighted by Gasteiger charge is -2.12. The van der Waals surface area contributed by atoms with Crippen molar-refractivity contribution in [3.63, 3.8) is 0 Å². The maximum absolute atomic E-state index is 12.8. The van der Waals surface area contributed by atoms with Crippen LogP contribution in [0.2, 0.25) is 5.02 Å². The van der Waals surface area contributed by atoms with E-state index in [1.807, 2.05) is 0 Å². The number of anilines is 1. The van der Waals surface area contributed by atoms with Crippen molar-refractivity contribution in [2.45, 2.75) is 6.18 Å². The fourth-order valence-electron chi connectivity index (χ4n) is 1.87. The molecule has 25 heavy (non-hydrogen) atoms. The molecule has 0 aliphatic rings.